The second-order valence-electron chi connectivity index (χ2n) is 4.02. The molecule has 0 aliphatic carbocycles. The molecule has 0 saturated heterocycles. The first-order chi connectivity index (χ1) is 6.95. The molecule has 0 saturated carbocycles. The molecule has 1 heterocycles. The summed E-state index contributed by atoms with van der Waals surface area (Å²) in [5.74, 6) is -0.169. The molecule has 0 aliphatic heterocycles. The first-order valence-electron chi connectivity index (χ1n) is 5.04. The van der Waals surface area contributed by atoms with Gasteiger partial charge < -0.3 is 11.1 Å². The predicted octanol–water partition coefficient (Wildman–Crippen LogP) is 0.876. The summed E-state index contributed by atoms with van der Waals surface area (Å²) < 4.78 is 1.63. The Morgan fingerprint density at radius 2 is 2.40 bits per heavy atom. The van der Waals surface area contributed by atoms with E-state index in [9.17, 15) is 4.79 Å². The lowest BCUT2D eigenvalue weighted by Gasteiger charge is -2.22. The molecule has 0 fully saturated rings. The maximum Gasteiger partial charge on any atom is 0.244 e. The molecule has 0 radical (unpaired) electrons. The van der Waals surface area contributed by atoms with Gasteiger partial charge in [-0.05, 0) is 13.3 Å². The normalized spacial score (nSPS) is 14.7. The quantitative estimate of drug-likeness (QED) is 0.774. The van der Waals surface area contributed by atoms with Gasteiger partial charge in [0, 0.05) is 13.2 Å². The number of rotatable bonds is 4. The van der Waals surface area contributed by atoms with Crippen molar-refractivity contribution in [3.63, 3.8) is 0 Å². The highest BCUT2D eigenvalue weighted by Crippen LogP contribution is 2.12. The molecule has 1 aromatic heterocycles. The lowest BCUT2D eigenvalue weighted by atomic mass is 9.96. The van der Waals surface area contributed by atoms with Crippen molar-refractivity contribution < 1.29 is 4.79 Å². The van der Waals surface area contributed by atoms with Crippen LogP contribution in [0.3, 0.4) is 0 Å². The largest absolute Gasteiger partial charge is 0.322 e. The number of carbonyl (C=O) groups excluding carboxylic acids is 1. The fourth-order valence-corrected chi connectivity index (χ4v) is 1.39. The molecule has 1 unspecified atom stereocenters. The zero-order chi connectivity index (χ0) is 11.5. The highest BCUT2D eigenvalue weighted by molar-refractivity contribution is 5.97. The molecule has 0 bridgehead atoms. The summed E-state index contributed by atoms with van der Waals surface area (Å²) in [6.07, 6.45) is 4.88. The number of hydrogen-bond donors (Lipinski definition) is 2. The number of nitrogens with one attached hydrogen (secondary N) is 1. The Balaban J connectivity index is 2.63. The van der Waals surface area contributed by atoms with E-state index in [0.717, 1.165) is 6.42 Å². The van der Waals surface area contributed by atoms with Crippen LogP contribution in [0.1, 0.15) is 26.7 Å². The van der Waals surface area contributed by atoms with Gasteiger partial charge in [-0.2, -0.15) is 5.10 Å². The maximum atomic E-state index is 11.8. The fourth-order valence-electron chi connectivity index (χ4n) is 1.39. The fraction of sp³-hybridized carbons (Fsp3) is 0.600. The van der Waals surface area contributed by atoms with Crippen LogP contribution in [0.15, 0.2) is 12.4 Å². The van der Waals surface area contributed by atoms with Crippen LogP contribution < -0.4 is 11.1 Å². The smallest absolute Gasteiger partial charge is 0.244 e. The Morgan fingerprint density at radius 1 is 1.73 bits per heavy atom. The van der Waals surface area contributed by atoms with E-state index in [1.54, 1.807) is 31.0 Å². The van der Waals surface area contributed by atoms with Gasteiger partial charge in [0.05, 0.1) is 17.4 Å². The van der Waals surface area contributed by atoms with Crippen molar-refractivity contribution in [2.45, 2.75) is 32.2 Å². The van der Waals surface area contributed by atoms with Gasteiger partial charge in [0.1, 0.15) is 0 Å². The minimum absolute atomic E-state index is 0.169. The third kappa shape index (κ3) is 3.06. The number of nitrogens with zero attached hydrogens (tertiary/aromatic N) is 2. The van der Waals surface area contributed by atoms with E-state index in [-0.39, 0.29) is 5.91 Å². The van der Waals surface area contributed by atoms with Crippen LogP contribution in [0.25, 0.3) is 0 Å². The summed E-state index contributed by atoms with van der Waals surface area (Å²) in [6, 6.07) is 0. The average molecular weight is 210 g/mol. The molecular formula is C10H18N4O. The van der Waals surface area contributed by atoms with Crippen molar-refractivity contribution in [3.05, 3.63) is 12.4 Å². The van der Waals surface area contributed by atoms with Crippen molar-refractivity contribution in [3.8, 4) is 0 Å². The number of anilines is 1. The van der Waals surface area contributed by atoms with Crippen LogP contribution in [0.4, 0.5) is 5.69 Å². The minimum Gasteiger partial charge on any atom is -0.322 e. The summed E-state index contributed by atoms with van der Waals surface area (Å²) >= 11 is 0. The summed E-state index contributed by atoms with van der Waals surface area (Å²) in [5.41, 5.74) is 5.75. The van der Waals surface area contributed by atoms with Gasteiger partial charge in [-0.25, -0.2) is 0 Å². The van der Waals surface area contributed by atoms with Gasteiger partial charge in [0.2, 0.25) is 5.91 Å². The zero-order valence-electron chi connectivity index (χ0n) is 9.45. The van der Waals surface area contributed by atoms with Crippen LogP contribution in [-0.2, 0) is 11.8 Å². The number of amides is 1. The lowest BCUT2D eigenvalue weighted by molar-refractivity contribution is -0.120. The lowest BCUT2D eigenvalue weighted by Crippen LogP contribution is -2.48. The number of nitrogens with two attached hydrogens (primary N) is 1. The molecule has 0 aliphatic rings. The topological polar surface area (TPSA) is 72.9 Å². The SMILES string of the molecule is CCCC(C)(N)C(=O)Nc1cnn(C)c1. The van der Waals surface area contributed by atoms with Gasteiger partial charge in [-0.3, -0.25) is 9.48 Å². The van der Waals surface area contributed by atoms with E-state index < -0.39 is 5.54 Å². The zero-order valence-corrected chi connectivity index (χ0v) is 9.45. The molecule has 1 atom stereocenters. The molecule has 0 aromatic carbocycles. The molecular weight excluding hydrogens is 192 g/mol. The Labute approximate surface area is 89.6 Å². The molecule has 3 N–H and O–H groups in total. The average Bonchev–Trinajstić information content (AvgIpc) is 2.51. The van der Waals surface area contributed by atoms with E-state index in [4.69, 9.17) is 5.73 Å². The third-order valence-corrected chi connectivity index (χ3v) is 2.25. The predicted molar refractivity (Wildman–Crippen MR) is 59.3 cm³/mol. The van der Waals surface area contributed by atoms with Crippen molar-refractivity contribution >= 4 is 11.6 Å². The number of aryl methyl sites for hydroxylation is 1. The molecule has 1 rings (SSSR count). The Kier molecular flexibility index (Phi) is 3.47. The number of aromatic nitrogens is 2. The number of carbonyl (C=O) groups is 1. The van der Waals surface area contributed by atoms with Gasteiger partial charge in [0.15, 0.2) is 0 Å². The maximum absolute atomic E-state index is 11.8. The highest BCUT2D eigenvalue weighted by Gasteiger charge is 2.27. The molecule has 15 heavy (non-hydrogen) atoms. The van der Waals surface area contributed by atoms with Crippen molar-refractivity contribution in [2.75, 3.05) is 5.32 Å². The third-order valence-electron chi connectivity index (χ3n) is 2.25. The molecule has 5 heteroatoms. The van der Waals surface area contributed by atoms with Crippen molar-refractivity contribution in [2.24, 2.45) is 12.8 Å². The first-order valence-corrected chi connectivity index (χ1v) is 5.04. The molecule has 84 valence electrons. The van der Waals surface area contributed by atoms with Crippen molar-refractivity contribution in [1.29, 1.82) is 0 Å². The standard InChI is InChI=1S/C10H18N4O/c1-4-5-10(2,11)9(15)13-8-6-12-14(3)7-8/h6-7H,4-5,11H2,1-3H3,(H,13,15). The molecule has 1 amide bonds. The number of hydrogen-bond acceptors (Lipinski definition) is 3. The monoisotopic (exact) mass is 210 g/mol. The van der Waals surface area contributed by atoms with Crippen LogP contribution in [0.5, 0.6) is 0 Å². The van der Waals surface area contributed by atoms with E-state index in [1.807, 2.05) is 6.92 Å². The van der Waals surface area contributed by atoms with Crippen LogP contribution in [-0.4, -0.2) is 21.2 Å². The second-order valence-corrected chi connectivity index (χ2v) is 4.02. The first kappa shape index (κ1) is 11.7. The van der Waals surface area contributed by atoms with Crippen molar-refractivity contribution in [1.82, 2.24) is 9.78 Å². The minimum atomic E-state index is -0.815. The molecule has 0 spiro atoms. The summed E-state index contributed by atoms with van der Waals surface area (Å²) in [5, 5.41) is 6.70. The Bertz CT molecular complexity index is 343. The van der Waals surface area contributed by atoms with Gasteiger partial charge in [0.25, 0.3) is 0 Å². The van der Waals surface area contributed by atoms with Gasteiger partial charge in [-0.1, -0.05) is 13.3 Å². The summed E-state index contributed by atoms with van der Waals surface area (Å²) in [7, 11) is 1.79. The molecule has 5 nitrogen and oxygen atoms in total. The van der Waals surface area contributed by atoms with E-state index in [1.165, 1.54) is 0 Å². The second kappa shape index (κ2) is 4.44. The van der Waals surface area contributed by atoms with Crippen LogP contribution in [0, 0.1) is 0 Å². The summed E-state index contributed by atoms with van der Waals surface area (Å²) in [4.78, 5) is 11.8. The summed E-state index contributed by atoms with van der Waals surface area (Å²) in [6.45, 7) is 3.74. The molecule has 1 aromatic rings. The van der Waals surface area contributed by atoms with E-state index in [0.29, 0.717) is 12.1 Å². The highest BCUT2D eigenvalue weighted by atomic mass is 16.2. The van der Waals surface area contributed by atoms with E-state index in [2.05, 4.69) is 10.4 Å². The van der Waals surface area contributed by atoms with Crippen LogP contribution in [0.2, 0.25) is 0 Å². The van der Waals surface area contributed by atoms with E-state index >= 15 is 0 Å². The Morgan fingerprint density at radius 3 is 2.87 bits per heavy atom. The van der Waals surface area contributed by atoms with Crippen LogP contribution >= 0.6 is 0 Å². The Hall–Kier alpha value is -1.36. The van der Waals surface area contributed by atoms with Gasteiger partial charge in [-0.15, -0.1) is 0 Å². The van der Waals surface area contributed by atoms with Gasteiger partial charge >= 0.3 is 0 Å².